The summed E-state index contributed by atoms with van der Waals surface area (Å²) in [5, 5.41) is 6.48. The van der Waals surface area contributed by atoms with Crippen LogP contribution in [-0.4, -0.2) is 10.2 Å². The van der Waals surface area contributed by atoms with Crippen LogP contribution in [0.15, 0.2) is 48.7 Å². The third kappa shape index (κ3) is 2.94. The molecular weight excluding hydrogens is 315 g/mol. The van der Waals surface area contributed by atoms with E-state index in [0.717, 1.165) is 12.1 Å². The number of halogens is 5. The van der Waals surface area contributed by atoms with Gasteiger partial charge >= 0.3 is 6.18 Å². The molecule has 0 aliphatic heterocycles. The number of alkyl halides is 3. The molecule has 0 saturated heterocycles. The summed E-state index contributed by atoms with van der Waals surface area (Å²) in [6, 6.07) is 8.13. The van der Waals surface area contributed by atoms with Gasteiger partial charge in [-0.2, -0.15) is 18.3 Å². The molecule has 3 rings (SSSR count). The SMILES string of the molecule is Fc1ccc(-c2[nH]ncc2-c2ccc(F)c(C(F)(F)F)c2)cc1. The lowest BCUT2D eigenvalue weighted by Gasteiger charge is -2.10. The first kappa shape index (κ1) is 15.2. The Kier molecular flexibility index (Phi) is 3.63. The number of rotatable bonds is 2. The van der Waals surface area contributed by atoms with E-state index in [9.17, 15) is 22.0 Å². The first-order valence-corrected chi connectivity index (χ1v) is 6.52. The molecule has 2 aromatic carbocycles. The van der Waals surface area contributed by atoms with Crippen molar-refractivity contribution in [2.75, 3.05) is 0 Å². The van der Waals surface area contributed by atoms with Crippen molar-refractivity contribution in [2.45, 2.75) is 6.18 Å². The van der Waals surface area contributed by atoms with E-state index < -0.39 is 23.4 Å². The quantitative estimate of drug-likeness (QED) is 0.657. The van der Waals surface area contributed by atoms with Crippen molar-refractivity contribution < 1.29 is 22.0 Å². The Morgan fingerprint density at radius 2 is 1.52 bits per heavy atom. The van der Waals surface area contributed by atoms with Gasteiger partial charge in [0.15, 0.2) is 0 Å². The van der Waals surface area contributed by atoms with Crippen LogP contribution < -0.4 is 0 Å². The van der Waals surface area contributed by atoms with Crippen molar-refractivity contribution in [3.8, 4) is 22.4 Å². The van der Waals surface area contributed by atoms with Crippen LogP contribution >= 0.6 is 0 Å². The van der Waals surface area contributed by atoms with Crippen molar-refractivity contribution in [3.63, 3.8) is 0 Å². The van der Waals surface area contributed by atoms with Crippen LogP contribution in [0.2, 0.25) is 0 Å². The molecule has 3 aromatic rings. The molecule has 118 valence electrons. The molecule has 0 atom stereocenters. The molecule has 0 saturated carbocycles. The molecule has 1 N–H and O–H groups in total. The Morgan fingerprint density at radius 3 is 2.17 bits per heavy atom. The standard InChI is InChI=1S/C16H9F5N2/c17-11-4-1-9(2-5-11)15-12(8-22-23-15)10-3-6-14(18)13(7-10)16(19,20)21/h1-8H,(H,22,23). The van der Waals surface area contributed by atoms with Gasteiger partial charge in [-0.15, -0.1) is 0 Å². The topological polar surface area (TPSA) is 28.7 Å². The van der Waals surface area contributed by atoms with Crippen LogP contribution in [0, 0.1) is 11.6 Å². The maximum Gasteiger partial charge on any atom is 0.419 e. The molecule has 0 unspecified atom stereocenters. The van der Waals surface area contributed by atoms with Crippen molar-refractivity contribution in [1.29, 1.82) is 0 Å². The van der Waals surface area contributed by atoms with E-state index >= 15 is 0 Å². The van der Waals surface area contributed by atoms with Gasteiger partial charge in [0.25, 0.3) is 0 Å². The third-order valence-corrected chi connectivity index (χ3v) is 3.36. The van der Waals surface area contributed by atoms with Crippen LogP contribution in [0.25, 0.3) is 22.4 Å². The maximum absolute atomic E-state index is 13.4. The number of hydrogen-bond acceptors (Lipinski definition) is 1. The van der Waals surface area contributed by atoms with Crippen molar-refractivity contribution in [3.05, 3.63) is 65.9 Å². The van der Waals surface area contributed by atoms with Gasteiger partial charge < -0.3 is 0 Å². The highest BCUT2D eigenvalue weighted by Gasteiger charge is 2.34. The Bertz CT molecular complexity index is 834. The summed E-state index contributed by atoms with van der Waals surface area (Å²) >= 11 is 0. The van der Waals surface area contributed by atoms with Gasteiger partial charge in [-0.3, -0.25) is 5.10 Å². The Morgan fingerprint density at radius 1 is 0.870 bits per heavy atom. The predicted octanol–water partition coefficient (Wildman–Crippen LogP) is 5.04. The molecule has 0 fully saturated rings. The van der Waals surface area contributed by atoms with E-state index in [1.165, 1.54) is 36.5 Å². The third-order valence-electron chi connectivity index (χ3n) is 3.36. The van der Waals surface area contributed by atoms with Crippen LogP contribution in [0.5, 0.6) is 0 Å². The van der Waals surface area contributed by atoms with E-state index in [4.69, 9.17) is 0 Å². The van der Waals surface area contributed by atoms with Crippen molar-refractivity contribution in [2.24, 2.45) is 0 Å². The lowest BCUT2D eigenvalue weighted by molar-refractivity contribution is -0.139. The first-order chi connectivity index (χ1) is 10.9. The molecular formula is C16H9F5N2. The molecule has 7 heteroatoms. The van der Waals surface area contributed by atoms with Gasteiger partial charge in [0, 0.05) is 11.1 Å². The number of benzene rings is 2. The minimum atomic E-state index is -4.79. The Balaban J connectivity index is 2.11. The fourth-order valence-corrected chi connectivity index (χ4v) is 2.25. The molecule has 0 radical (unpaired) electrons. The summed E-state index contributed by atoms with van der Waals surface area (Å²) in [7, 11) is 0. The first-order valence-electron chi connectivity index (χ1n) is 6.52. The molecule has 0 aliphatic carbocycles. The number of aromatic nitrogens is 2. The molecule has 0 bridgehead atoms. The molecule has 1 heterocycles. The summed E-state index contributed by atoms with van der Waals surface area (Å²) in [5.41, 5.74) is 0.150. The van der Waals surface area contributed by atoms with E-state index in [1.807, 2.05) is 0 Å². The van der Waals surface area contributed by atoms with Crippen LogP contribution in [0.3, 0.4) is 0 Å². The summed E-state index contributed by atoms with van der Waals surface area (Å²) in [4.78, 5) is 0. The van der Waals surface area contributed by atoms with Gasteiger partial charge in [0.2, 0.25) is 0 Å². The summed E-state index contributed by atoms with van der Waals surface area (Å²) in [6.07, 6.45) is -3.45. The average Bonchev–Trinajstić information content (AvgIpc) is 2.97. The molecule has 0 amide bonds. The second-order valence-corrected chi connectivity index (χ2v) is 4.86. The van der Waals surface area contributed by atoms with Gasteiger partial charge in [-0.25, -0.2) is 8.78 Å². The van der Waals surface area contributed by atoms with Crippen molar-refractivity contribution >= 4 is 0 Å². The smallest absolute Gasteiger partial charge is 0.277 e. The van der Waals surface area contributed by atoms with E-state index in [2.05, 4.69) is 10.2 Å². The fraction of sp³-hybridized carbons (Fsp3) is 0.0625. The van der Waals surface area contributed by atoms with Gasteiger partial charge in [0.05, 0.1) is 17.5 Å². The molecule has 23 heavy (non-hydrogen) atoms. The predicted molar refractivity (Wildman–Crippen MR) is 74.4 cm³/mol. The largest absolute Gasteiger partial charge is 0.419 e. The lowest BCUT2D eigenvalue weighted by atomic mass is 9.99. The normalized spacial score (nSPS) is 11.7. The Labute approximate surface area is 127 Å². The van der Waals surface area contributed by atoms with Crippen LogP contribution in [-0.2, 0) is 6.18 Å². The minimum Gasteiger partial charge on any atom is -0.277 e. The zero-order chi connectivity index (χ0) is 16.6. The van der Waals surface area contributed by atoms with Crippen molar-refractivity contribution in [1.82, 2.24) is 10.2 Å². The van der Waals surface area contributed by atoms with Crippen LogP contribution in [0.1, 0.15) is 5.56 Å². The fourth-order valence-electron chi connectivity index (χ4n) is 2.25. The number of aromatic amines is 1. The summed E-state index contributed by atoms with van der Waals surface area (Å²) in [6.45, 7) is 0. The zero-order valence-electron chi connectivity index (χ0n) is 11.5. The number of nitrogens with one attached hydrogen (secondary N) is 1. The second-order valence-electron chi connectivity index (χ2n) is 4.86. The molecule has 2 nitrogen and oxygen atoms in total. The van der Waals surface area contributed by atoms with E-state index in [-0.39, 0.29) is 5.56 Å². The molecule has 0 aliphatic rings. The highest BCUT2D eigenvalue weighted by atomic mass is 19.4. The zero-order valence-corrected chi connectivity index (χ0v) is 11.5. The number of nitrogens with zero attached hydrogens (tertiary/aromatic N) is 1. The number of H-pyrrole nitrogens is 1. The minimum absolute atomic E-state index is 0.159. The highest BCUT2D eigenvalue weighted by molar-refractivity contribution is 5.80. The van der Waals surface area contributed by atoms with E-state index in [0.29, 0.717) is 16.8 Å². The number of hydrogen-bond donors (Lipinski definition) is 1. The van der Waals surface area contributed by atoms with Gasteiger partial charge in [0.1, 0.15) is 11.6 Å². The van der Waals surface area contributed by atoms with Crippen LogP contribution in [0.4, 0.5) is 22.0 Å². The lowest BCUT2D eigenvalue weighted by Crippen LogP contribution is -2.08. The summed E-state index contributed by atoms with van der Waals surface area (Å²) < 4.78 is 64.9. The molecule has 0 spiro atoms. The van der Waals surface area contributed by atoms with Gasteiger partial charge in [-0.05, 0) is 42.0 Å². The maximum atomic E-state index is 13.4. The monoisotopic (exact) mass is 324 g/mol. The second kappa shape index (κ2) is 5.49. The average molecular weight is 324 g/mol. The summed E-state index contributed by atoms with van der Waals surface area (Å²) in [5.74, 6) is -1.77. The van der Waals surface area contributed by atoms with Gasteiger partial charge in [-0.1, -0.05) is 6.07 Å². The van der Waals surface area contributed by atoms with E-state index in [1.54, 1.807) is 0 Å². The molecule has 1 aromatic heterocycles. The highest BCUT2D eigenvalue weighted by Crippen LogP contribution is 2.36. The Hall–Kier alpha value is -2.70.